The first kappa shape index (κ1) is 20.0. The van der Waals surface area contributed by atoms with Crippen LogP contribution in [0.2, 0.25) is 0 Å². The van der Waals surface area contributed by atoms with Gasteiger partial charge in [-0.2, -0.15) is 16.8 Å². The summed E-state index contributed by atoms with van der Waals surface area (Å²) in [5, 5.41) is 0. The zero-order valence-electron chi connectivity index (χ0n) is 13.6. The number of carbonyl (C=O) groups is 1. The molecule has 26 heavy (non-hydrogen) atoms. The van der Waals surface area contributed by atoms with Gasteiger partial charge in [-0.25, -0.2) is 0 Å². The number of ether oxygens (including phenoxy) is 1. The van der Waals surface area contributed by atoms with Gasteiger partial charge in [0.25, 0.3) is 20.2 Å². The highest BCUT2D eigenvalue weighted by atomic mass is 32.2. The molecule has 0 bridgehead atoms. The first-order chi connectivity index (χ1) is 12.0. The summed E-state index contributed by atoms with van der Waals surface area (Å²) in [5.74, 6) is -0.987. The molecule has 8 nitrogen and oxygen atoms in total. The third kappa shape index (κ3) is 4.88. The van der Waals surface area contributed by atoms with E-state index in [1.807, 2.05) is 0 Å². The Morgan fingerprint density at radius 3 is 2.19 bits per heavy atom. The van der Waals surface area contributed by atoms with Crippen LogP contribution < -0.4 is 4.74 Å². The molecule has 0 amide bonds. The predicted molar refractivity (Wildman–Crippen MR) is 92.1 cm³/mol. The van der Waals surface area contributed by atoms with E-state index in [9.17, 15) is 26.2 Å². The highest BCUT2D eigenvalue weighted by Gasteiger charge is 2.20. The fourth-order valence-electron chi connectivity index (χ4n) is 2.19. The molecule has 0 unspecified atom stereocenters. The maximum Gasteiger partial charge on any atom is 0.311 e. The lowest BCUT2D eigenvalue weighted by molar-refractivity contribution is -0.134. The van der Waals surface area contributed by atoms with Gasteiger partial charge in [-0.15, -0.1) is 0 Å². The van der Waals surface area contributed by atoms with Crippen LogP contribution in [0.1, 0.15) is 19.8 Å². The predicted octanol–water partition coefficient (Wildman–Crippen LogP) is 2.55. The van der Waals surface area contributed by atoms with E-state index in [0.717, 1.165) is 12.1 Å². The normalized spacial score (nSPS) is 12.0. The van der Waals surface area contributed by atoms with Gasteiger partial charge < -0.3 is 4.74 Å². The van der Waals surface area contributed by atoms with Crippen LogP contribution in [0.3, 0.4) is 0 Å². The minimum Gasteiger partial charge on any atom is -0.425 e. The second kappa shape index (κ2) is 7.54. The van der Waals surface area contributed by atoms with E-state index in [1.54, 1.807) is 6.92 Å². The van der Waals surface area contributed by atoms with Crippen molar-refractivity contribution in [2.45, 2.75) is 29.6 Å². The SMILES string of the molecule is CCCC(=O)Oc1ccc(-c2cccc(S(=O)(=O)O)c2)cc1S(=O)(=O)O. The van der Waals surface area contributed by atoms with Gasteiger partial charge in [0.2, 0.25) is 0 Å². The Labute approximate surface area is 150 Å². The van der Waals surface area contributed by atoms with Gasteiger partial charge in [0.15, 0.2) is 5.75 Å². The van der Waals surface area contributed by atoms with Gasteiger partial charge in [-0.1, -0.05) is 25.1 Å². The molecule has 2 rings (SSSR count). The quantitative estimate of drug-likeness (QED) is 0.429. The molecule has 0 fully saturated rings. The summed E-state index contributed by atoms with van der Waals surface area (Å²) < 4.78 is 69.2. The third-order valence-corrected chi connectivity index (χ3v) is 5.09. The second-order valence-corrected chi connectivity index (χ2v) is 8.18. The molecular weight excluding hydrogens is 384 g/mol. The van der Waals surface area contributed by atoms with Crippen LogP contribution in [-0.4, -0.2) is 31.9 Å². The molecular formula is C16H16O8S2. The van der Waals surface area contributed by atoms with Crippen LogP contribution in [0.25, 0.3) is 11.1 Å². The molecule has 0 aliphatic carbocycles. The van der Waals surface area contributed by atoms with Gasteiger partial charge in [0.1, 0.15) is 4.90 Å². The Balaban J connectivity index is 2.55. The Kier molecular flexibility index (Phi) is 5.81. The zero-order valence-corrected chi connectivity index (χ0v) is 15.2. The summed E-state index contributed by atoms with van der Waals surface area (Å²) in [4.78, 5) is 10.6. The molecule has 0 atom stereocenters. The maximum absolute atomic E-state index is 11.6. The Morgan fingerprint density at radius 1 is 0.962 bits per heavy atom. The fourth-order valence-corrected chi connectivity index (χ4v) is 3.35. The van der Waals surface area contributed by atoms with Crippen molar-refractivity contribution >= 4 is 26.2 Å². The molecule has 140 valence electrons. The van der Waals surface area contributed by atoms with Crippen LogP contribution in [0, 0.1) is 0 Å². The Hall–Kier alpha value is -2.27. The third-order valence-electron chi connectivity index (χ3n) is 3.36. The van der Waals surface area contributed by atoms with E-state index in [0.29, 0.717) is 6.42 Å². The highest BCUT2D eigenvalue weighted by Crippen LogP contribution is 2.31. The maximum atomic E-state index is 11.6. The van der Waals surface area contributed by atoms with Crippen molar-refractivity contribution in [3.05, 3.63) is 42.5 Å². The minimum atomic E-state index is -4.71. The van der Waals surface area contributed by atoms with E-state index in [-0.39, 0.29) is 28.2 Å². The molecule has 2 N–H and O–H groups in total. The summed E-state index contributed by atoms with van der Waals surface area (Å²) in [6.45, 7) is 1.75. The largest absolute Gasteiger partial charge is 0.425 e. The van der Waals surface area contributed by atoms with Gasteiger partial charge in [-0.05, 0) is 41.8 Å². The topological polar surface area (TPSA) is 135 Å². The first-order valence-corrected chi connectivity index (χ1v) is 10.3. The number of hydrogen-bond acceptors (Lipinski definition) is 6. The lowest BCUT2D eigenvalue weighted by Gasteiger charge is -2.11. The number of carbonyl (C=O) groups excluding carboxylic acids is 1. The average molecular weight is 400 g/mol. The van der Waals surface area contributed by atoms with E-state index in [1.165, 1.54) is 30.3 Å². The van der Waals surface area contributed by atoms with Crippen molar-refractivity contribution in [2.24, 2.45) is 0 Å². The summed E-state index contributed by atoms with van der Waals surface area (Å²) in [6.07, 6.45) is 0.573. The molecule has 0 radical (unpaired) electrons. The smallest absolute Gasteiger partial charge is 0.311 e. The Bertz CT molecular complexity index is 1040. The van der Waals surface area contributed by atoms with Gasteiger partial charge in [-0.3, -0.25) is 13.9 Å². The highest BCUT2D eigenvalue weighted by molar-refractivity contribution is 7.86. The van der Waals surface area contributed by atoms with Gasteiger partial charge in [0.05, 0.1) is 4.90 Å². The molecule has 0 aliphatic rings. The summed E-state index contributed by atoms with van der Waals surface area (Å²) >= 11 is 0. The van der Waals surface area contributed by atoms with Crippen LogP contribution in [0.4, 0.5) is 0 Å². The monoisotopic (exact) mass is 400 g/mol. The van der Waals surface area contributed by atoms with Gasteiger partial charge >= 0.3 is 5.97 Å². The summed E-state index contributed by atoms with van der Waals surface area (Å²) in [5.41, 5.74) is 0.509. The van der Waals surface area contributed by atoms with Crippen molar-refractivity contribution in [1.82, 2.24) is 0 Å². The molecule has 0 saturated heterocycles. The van der Waals surface area contributed by atoms with Crippen molar-refractivity contribution in [1.29, 1.82) is 0 Å². The molecule has 0 aliphatic heterocycles. The fraction of sp³-hybridized carbons (Fsp3) is 0.188. The number of rotatable bonds is 6. The number of esters is 1. The molecule has 0 heterocycles. The van der Waals surface area contributed by atoms with E-state index in [2.05, 4.69) is 0 Å². The van der Waals surface area contributed by atoms with Crippen LogP contribution in [0.5, 0.6) is 5.75 Å². The zero-order chi connectivity index (χ0) is 19.5. The average Bonchev–Trinajstić information content (AvgIpc) is 2.53. The van der Waals surface area contributed by atoms with Crippen molar-refractivity contribution in [3.63, 3.8) is 0 Å². The molecule has 2 aromatic carbocycles. The van der Waals surface area contributed by atoms with E-state index in [4.69, 9.17) is 9.29 Å². The molecule has 2 aromatic rings. The molecule has 0 aromatic heterocycles. The molecule has 0 spiro atoms. The summed E-state index contributed by atoms with van der Waals surface area (Å²) in [7, 11) is -9.15. The molecule has 10 heteroatoms. The minimum absolute atomic E-state index is 0.0725. The lowest BCUT2D eigenvalue weighted by atomic mass is 10.1. The van der Waals surface area contributed by atoms with Crippen LogP contribution in [0.15, 0.2) is 52.3 Å². The Morgan fingerprint density at radius 2 is 1.62 bits per heavy atom. The summed E-state index contributed by atoms with van der Waals surface area (Å²) in [6, 6.07) is 8.79. The number of hydrogen-bond donors (Lipinski definition) is 2. The second-order valence-electron chi connectivity index (χ2n) is 5.36. The van der Waals surface area contributed by atoms with Crippen molar-refractivity contribution in [2.75, 3.05) is 0 Å². The van der Waals surface area contributed by atoms with Crippen molar-refractivity contribution in [3.8, 4) is 16.9 Å². The van der Waals surface area contributed by atoms with Crippen LogP contribution in [-0.2, 0) is 25.0 Å². The van der Waals surface area contributed by atoms with E-state index < -0.39 is 31.1 Å². The first-order valence-electron chi connectivity index (χ1n) is 7.42. The van der Waals surface area contributed by atoms with Crippen LogP contribution >= 0.6 is 0 Å². The lowest BCUT2D eigenvalue weighted by Crippen LogP contribution is -2.10. The van der Waals surface area contributed by atoms with E-state index >= 15 is 0 Å². The number of benzene rings is 2. The standard InChI is InChI=1S/C16H16O8S2/c1-2-4-16(17)24-14-8-7-12(10-15(14)26(21,22)23)11-5-3-6-13(9-11)25(18,19)20/h3,5-10H,2,4H2,1H3,(H,18,19,20)(H,21,22,23). The molecule has 0 saturated carbocycles. The van der Waals surface area contributed by atoms with Crippen molar-refractivity contribution < 1.29 is 35.5 Å². The van der Waals surface area contributed by atoms with Gasteiger partial charge in [0, 0.05) is 6.42 Å².